The number of aromatic amines is 8. The Kier molecular flexibility index (Phi) is 26.7. The summed E-state index contributed by atoms with van der Waals surface area (Å²) in [6, 6.07) is 47.8. The third kappa shape index (κ3) is 20.5. The molecule has 0 aliphatic heterocycles. The van der Waals surface area contributed by atoms with Crippen molar-refractivity contribution in [1.82, 2.24) is 140 Å². The summed E-state index contributed by atoms with van der Waals surface area (Å²) in [5.41, 5.74) is 28.0. The van der Waals surface area contributed by atoms with E-state index in [0.29, 0.717) is 126 Å². The molecule has 0 saturated carbocycles. The zero-order valence-corrected chi connectivity index (χ0v) is 82.0. The normalized spacial score (nSPS) is 11.4. The van der Waals surface area contributed by atoms with Crippen molar-refractivity contribution in [3.05, 3.63) is 295 Å². The number of halogens is 4. The number of carbonyl (C=O) groups excluding carboxylic acids is 4. The van der Waals surface area contributed by atoms with Crippen LogP contribution in [0.4, 0.5) is 17.1 Å². The Morgan fingerprint density at radius 3 is 0.912 bits per heavy atom. The van der Waals surface area contributed by atoms with E-state index in [1.165, 1.54) is 0 Å². The van der Waals surface area contributed by atoms with Crippen molar-refractivity contribution in [3.63, 3.8) is 0 Å². The maximum absolute atomic E-state index is 12.2. The third-order valence-electron chi connectivity index (χ3n) is 24.1. The highest BCUT2D eigenvalue weighted by atomic mass is 35.5. The first-order valence-corrected chi connectivity index (χ1v) is 48.1. The molecule has 39 heteroatoms. The number of Topliss-reactive ketones (excluding diaryl/α,β-unsaturated/α-hetero) is 1. The average molecular weight is 2020 g/mol. The molecule has 24 aromatic rings. The van der Waals surface area contributed by atoms with Crippen molar-refractivity contribution in [1.29, 1.82) is 0 Å². The molecule has 11 N–H and O–H groups in total. The Labute approximate surface area is 854 Å². The van der Waals surface area contributed by atoms with E-state index in [-0.39, 0.29) is 35.3 Å². The maximum Gasteiger partial charge on any atom is 0.226 e. The molecule has 0 radical (unpaired) electrons. The zero-order chi connectivity index (χ0) is 101. The molecule has 20 aromatic heterocycles. The van der Waals surface area contributed by atoms with Gasteiger partial charge in [-0.3, -0.25) is 79.4 Å². The minimum Gasteiger partial charge on any atom is -0.335 e. The molecular weight excluding hydrogens is 1940 g/mol. The van der Waals surface area contributed by atoms with Gasteiger partial charge in [0.1, 0.15) is 28.6 Å². The van der Waals surface area contributed by atoms with Gasteiger partial charge in [0, 0.05) is 199 Å². The number of rotatable bonds is 22. The summed E-state index contributed by atoms with van der Waals surface area (Å²) in [5, 5.41) is 44.2. The van der Waals surface area contributed by atoms with E-state index in [0.717, 1.165) is 166 Å². The van der Waals surface area contributed by atoms with Crippen LogP contribution in [-0.2, 0) is 25.6 Å². The molecule has 0 fully saturated rings. The number of hydrogen-bond acceptors (Lipinski definition) is 24. The average Bonchev–Trinajstić information content (AvgIpc) is 1.63. The smallest absolute Gasteiger partial charge is 0.226 e. The maximum atomic E-state index is 12.2. The molecule has 0 unspecified atom stereocenters. The molecule has 24 rings (SSSR count). The van der Waals surface area contributed by atoms with Gasteiger partial charge in [-0.2, -0.15) is 20.4 Å². The van der Waals surface area contributed by atoms with Crippen molar-refractivity contribution in [2.75, 3.05) is 16.0 Å². The van der Waals surface area contributed by atoms with Crippen molar-refractivity contribution in [3.8, 4) is 135 Å². The molecule has 0 bridgehead atoms. The van der Waals surface area contributed by atoms with Crippen molar-refractivity contribution in [2.24, 2.45) is 11.8 Å². The molecule has 0 spiro atoms. The lowest BCUT2D eigenvalue weighted by Crippen LogP contribution is -2.17. The number of ketones is 1. The summed E-state index contributed by atoms with van der Waals surface area (Å²) < 4.78 is 0. The van der Waals surface area contributed by atoms with Crippen molar-refractivity contribution >= 4 is 175 Å². The van der Waals surface area contributed by atoms with Crippen LogP contribution >= 0.6 is 46.4 Å². The van der Waals surface area contributed by atoms with E-state index < -0.39 is 0 Å². The van der Waals surface area contributed by atoms with Gasteiger partial charge in [-0.15, -0.1) is 0 Å². The summed E-state index contributed by atoms with van der Waals surface area (Å²) in [5.74, 6) is 2.61. The Morgan fingerprint density at radius 2 is 0.612 bits per heavy atom. The number of amides is 3. The molecule has 0 atom stereocenters. The first-order valence-electron chi connectivity index (χ1n) is 46.6. The van der Waals surface area contributed by atoms with Crippen molar-refractivity contribution < 1.29 is 19.2 Å². The van der Waals surface area contributed by atoms with E-state index in [1.54, 1.807) is 125 Å². The number of fused-ring (bicyclic) bond motifs is 8. The molecular formula is C108H83Cl4N31O4. The number of pyridine rings is 12. The Bertz CT molecular complexity index is 9180. The second-order valence-corrected chi connectivity index (χ2v) is 36.9. The predicted molar refractivity (Wildman–Crippen MR) is 571 cm³/mol. The lowest BCUT2D eigenvalue weighted by Gasteiger charge is -2.09. The fraction of sp³-hybridized carbons (Fsp3) is 0.111. The molecule has 35 nitrogen and oxygen atoms in total. The molecule has 3 amide bonds. The van der Waals surface area contributed by atoms with Crippen LogP contribution in [0.2, 0.25) is 20.1 Å². The van der Waals surface area contributed by atoms with E-state index in [9.17, 15) is 19.2 Å². The quantitative estimate of drug-likeness (QED) is 0.0300. The van der Waals surface area contributed by atoms with Gasteiger partial charge >= 0.3 is 0 Å². The molecule has 0 saturated heterocycles. The lowest BCUT2D eigenvalue weighted by molar-refractivity contribution is -0.119. The summed E-state index contributed by atoms with van der Waals surface area (Å²) in [6.45, 7) is 11.4. The number of anilines is 3. The van der Waals surface area contributed by atoms with Crippen LogP contribution in [0.1, 0.15) is 66.5 Å². The number of hydrogen-bond donors (Lipinski definition) is 11. The molecule has 4 aromatic carbocycles. The van der Waals surface area contributed by atoms with Crippen LogP contribution < -0.4 is 16.0 Å². The second-order valence-electron chi connectivity index (χ2n) is 35.2. The SMILES string of the molecule is CC(C)C(=O)Nc1cncc(-c2cnc3n[nH]c(-c4nc5c(-c6cccc(Cl)c6)cncc5[nH]4)c3c2)c1.CC(C)CC(=O)Nc1cncc(-c2cnc3n[nH]c(-c4nc5c(-c6cccc(Cl)c6)cncc5[nH]4)c3c2)c1.CCC(=O)Cc1ccc(-c2cnc3n[nH]c(-c4nc5c(-c6cccc(Cl)c6)cncc5[nH]4)c3c2)cn1.CCC(=O)Nc1cncc(-c2cnc3n[nH]c(-c4nc5c(-c6cccc(Cl)c6)cncc5[nH]4)c3c2)c1. The second kappa shape index (κ2) is 41.3. The van der Waals surface area contributed by atoms with Gasteiger partial charge in [0.15, 0.2) is 45.9 Å². The van der Waals surface area contributed by atoms with Crippen LogP contribution in [-0.4, -0.2) is 164 Å². The Morgan fingerprint density at radius 1 is 0.306 bits per heavy atom. The number of imidazole rings is 4. The van der Waals surface area contributed by atoms with Gasteiger partial charge < -0.3 is 35.9 Å². The minimum absolute atomic E-state index is 0.0406. The van der Waals surface area contributed by atoms with Crippen LogP contribution in [0.3, 0.4) is 0 Å². The van der Waals surface area contributed by atoms with Crippen LogP contribution in [0.15, 0.2) is 269 Å². The minimum atomic E-state index is -0.131. The fourth-order valence-electron chi connectivity index (χ4n) is 16.8. The van der Waals surface area contributed by atoms with E-state index in [2.05, 4.69) is 136 Å². The summed E-state index contributed by atoms with van der Waals surface area (Å²) in [4.78, 5) is 134. The van der Waals surface area contributed by atoms with E-state index >= 15 is 0 Å². The van der Waals surface area contributed by atoms with Crippen LogP contribution in [0.5, 0.6) is 0 Å². The highest BCUT2D eigenvalue weighted by molar-refractivity contribution is 6.32. The van der Waals surface area contributed by atoms with E-state index in [4.69, 9.17) is 66.3 Å². The first-order chi connectivity index (χ1) is 71.6. The van der Waals surface area contributed by atoms with Gasteiger partial charge in [-0.05, 0) is 125 Å². The third-order valence-corrected chi connectivity index (χ3v) is 25.1. The number of carbonyl (C=O) groups is 4. The Balaban J connectivity index is 0.000000115. The number of nitrogens with one attached hydrogen (secondary N) is 11. The molecule has 0 aliphatic carbocycles. The number of nitrogens with zero attached hydrogens (tertiary/aromatic N) is 20. The largest absolute Gasteiger partial charge is 0.335 e. The van der Waals surface area contributed by atoms with Gasteiger partial charge in [-0.25, -0.2) is 39.9 Å². The predicted octanol–water partition coefficient (Wildman–Crippen LogP) is 23.6. The van der Waals surface area contributed by atoms with Gasteiger partial charge in [0.05, 0.1) is 126 Å². The number of benzene rings is 4. The summed E-state index contributed by atoms with van der Waals surface area (Å²) in [6.07, 6.45) is 34.6. The monoisotopic (exact) mass is 2020 g/mol. The van der Waals surface area contributed by atoms with Gasteiger partial charge in [0.25, 0.3) is 0 Å². The molecule has 0 aliphatic rings. The number of H-pyrrole nitrogens is 8. The van der Waals surface area contributed by atoms with Crippen LogP contribution in [0, 0.1) is 11.8 Å². The summed E-state index contributed by atoms with van der Waals surface area (Å²) in [7, 11) is 0. The van der Waals surface area contributed by atoms with Crippen molar-refractivity contribution in [2.45, 2.75) is 67.2 Å². The standard InChI is InChI=1S/C28H23ClN8O.C27H21ClN8O.C27H20ClN7O.C26H19ClN8O/c1-15(2)6-24(38)33-20-8-17(10-30-12-20)18-9-21-26(36-37-27(21)32-11-18)28-34-23-14-31-13-22(25(23)35-28)16-4-3-5-19(29)7-16;1-14(2)27(37)32-19-7-16(9-29-11-19)17-8-20-24(35-36-25(20)31-10-17)26-33-22-13-30-12-21(23(22)34-26)15-4-3-5-18(28)6-15;1-2-20(36)10-19-7-6-16(11-30-19)17-9-21-25(34-35-26(21)31-12-17)27-32-23-14-29-13-22(24(23)33-27)15-4-3-5-18(28)8-15;1-2-22(36)31-18-7-15(9-28-11-18)16-8-19-24(34-35-25(19)30-10-16)26-32-21-13-29-12-20(23(21)33-26)14-4-3-5-17(27)6-14/h3-5,7-15H,6H2,1-2H3,(H,33,38)(H,34,35)(H,32,36,37);3-14H,1-2H3,(H,32,37)(H,33,34)(H,31,35,36);3-9,11-14H,2,10H2,1H3,(H,32,33)(H,31,34,35);3-13H,2H2,1H3,(H,31,36)(H,32,33)(H,30,34,35). The topological polar surface area (TPSA) is 488 Å². The lowest BCUT2D eigenvalue weighted by atomic mass is 10.1. The number of aromatic nitrogens is 28. The van der Waals surface area contributed by atoms with E-state index in [1.807, 2.05) is 186 Å². The highest BCUT2D eigenvalue weighted by Crippen LogP contribution is 2.41. The highest BCUT2D eigenvalue weighted by Gasteiger charge is 2.25. The first kappa shape index (κ1) is 94.9. The Hall–Kier alpha value is -18.3. The summed E-state index contributed by atoms with van der Waals surface area (Å²) >= 11 is 24.9. The van der Waals surface area contributed by atoms with Gasteiger partial charge in [-0.1, -0.05) is 143 Å². The van der Waals surface area contributed by atoms with Gasteiger partial charge in [0.2, 0.25) is 17.7 Å². The molecule has 147 heavy (non-hydrogen) atoms. The van der Waals surface area contributed by atoms with Crippen LogP contribution in [0.25, 0.3) is 223 Å². The molecule has 722 valence electrons. The zero-order valence-electron chi connectivity index (χ0n) is 79.0. The fourth-order valence-corrected chi connectivity index (χ4v) is 17.5. The molecule has 20 heterocycles.